The Morgan fingerprint density at radius 2 is 1.35 bits per heavy atom. The van der Waals surface area contributed by atoms with Gasteiger partial charge in [-0.3, -0.25) is 0 Å². The van der Waals surface area contributed by atoms with Gasteiger partial charge >= 0.3 is 0 Å². The van der Waals surface area contributed by atoms with Gasteiger partial charge in [-0.05, 0) is 26.2 Å². The second-order valence-electron chi connectivity index (χ2n) is 4.66. The summed E-state index contributed by atoms with van der Waals surface area (Å²) in [7, 11) is 0. The average Bonchev–Trinajstić information content (AvgIpc) is 2.28. The fourth-order valence-corrected chi connectivity index (χ4v) is 1.99. The second kappa shape index (κ2) is 13.9. The highest BCUT2D eigenvalue weighted by molar-refractivity contribution is 5.85. The zero-order valence-electron chi connectivity index (χ0n) is 12.3. The molecule has 0 unspecified atom stereocenters. The molecule has 0 radical (unpaired) electrons. The van der Waals surface area contributed by atoms with E-state index in [2.05, 4.69) is 38.7 Å². The van der Waals surface area contributed by atoms with Gasteiger partial charge in [-0.2, -0.15) is 0 Å². The Balaban J connectivity index is 0. The fraction of sp³-hybridized carbons (Fsp3) is 0.867. The summed E-state index contributed by atoms with van der Waals surface area (Å²) in [4.78, 5) is 2.58. The summed E-state index contributed by atoms with van der Waals surface area (Å²) in [5.74, 6) is 0. The van der Waals surface area contributed by atoms with Crippen LogP contribution in [0.3, 0.4) is 0 Å². The predicted molar refractivity (Wildman–Crippen MR) is 81.9 cm³/mol. The zero-order chi connectivity index (χ0) is 12.2. The van der Waals surface area contributed by atoms with E-state index < -0.39 is 0 Å². The Hall–Kier alpha value is -0.170. The Bertz CT molecular complexity index is 168. The number of unbranched alkanes of at least 4 members (excludes halogenated alkanes) is 4. The molecule has 0 aliphatic rings. The van der Waals surface area contributed by atoms with Gasteiger partial charge in [0.2, 0.25) is 0 Å². The minimum atomic E-state index is 0. The lowest BCUT2D eigenvalue weighted by Gasteiger charge is -2.25. The molecule has 0 saturated heterocycles. The summed E-state index contributed by atoms with van der Waals surface area (Å²) in [6.07, 6.45) is 11.6. The highest BCUT2D eigenvalue weighted by Crippen LogP contribution is 2.10. The number of rotatable bonds is 10. The standard InChI is InChI=1S/C15H31N.ClH/c1-5-8-10-13-16(14-11-9-6-2)15(4)12-7-3;/h12H,5-11,13-14H2,1-4H3;1H/b15-12+;. The maximum atomic E-state index is 2.58. The summed E-state index contributed by atoms with van der Waals surface area (Å²) in [5.41, 5.74) is 1.48. The van der Waals surface area contributed by atoms with Crippen molar-refractivity contribution >= 4 is 12.4 Å². The Morgan fingerprint density at radius 3 is 1.71 bits per heavy atom. The fourth-order valence-electron chi connectivity index (χ4n) is 1.99. The summed E-state index contributed by atoms with van der Waals surface area (Å²) in [6.45, 7) is 11.5. The van der Waals surface area contributed by atoms with Crippen molar-refractivity contribution in [3.05, 3.63) is 11.8 Å². The molecule has 0 amide bonds. The van der Waals surface area contributed by atoms with Crippen LogP contribution in [-0.4, -0.2) is 18.0 Å². The van der Waals surface area contributed by atoms with Gasteiger partial charge in [-0.1, -0.05) is 52.5 Å². The Morgan fingerprint density at radius 1 is 0.882 bits per heavy atom. The first-order valence-corrected chi connectivity index (χ1v) is 7.17. The Kier molecular flexibility index (Phi) is 15.7. The van der Waals surface area contributed by atoms with Crippen molar-refractivity contribution in [1.29, 1.82) is 0 Å². The van der Waals surface area contributed by atoms with Crippen LogP contribution < -0.4 is 0 Å². The number of hydrogen-bond acceptors (Lipinski definition) is 1. The third-order valence-electron chi connectivity index (χ3n) is 3.06. The van der Waals surface area contributed by atoms with Crippen LogP contribution in [0.15, 0.2) is 11.8 Å². The lowest BCUT2D eigenvalue weighted by atomic mass is 10.2. The number of halogens is 1. The van der Waals surface area contributed by atoms with Crippen molar-refractivity contribution in [2.24, 2.45) is 0 Å². The molecular weight excluding hydrogens is 230 g/mol. The van der Waals surface area contributed by atoms with Crippen molar-refractivity contribution in [1.82, 2.24) is 4.90 Å². The molecule has 0 spiro atoms. The van der Waals surface area contributed by atoms with Crippen LogP contribution >= 0.6 is 12.4 Å². The molecular formula is C15H32ClN. The largest absolute Gasteiger partial charge is 0.375 e. The summed E-state index contributed by atoms with van der Waals surface area (Å²) in [6, 6.07) is 0. The van der Waals surface area contributed by atoms with Crippen LogP contribution in [0.4, 0.5) is 0 Å². The third kappa shape index (κ3) is 10.7. The monoisotopic (exact) mass is 261 g/mol. The minimum Gasteiger partial charge on any atom is -0.375 e. The van der Waals surface area contributed by atoms with Crippen molar-refractivity contribution in [2.45, 2.75) is 72.6 Å². The molecule has 0 aromatic carbocycles. The number of allylic oxidation sites excluding steroid dienone is 2. The van der Waals surface area contributed by atoms with Gasteiger partial charge in [0.1, 0.15) is 0 Å². The van der Waals surface area contributed by atoms with Gasteiger partial charge in [0.15, 0.2) is 0 Å². The number of nitrogens with zero attached hydrogens (tertiary/aromatic N) is 1. The van der Waals surface area contributed by atoms with E-state index in [1.54, 1.807) is 0 Å². The molecule has 0 aliphatic heterocycles. The molecule has 1 nitrogen and oxygen atoms in total. The van der Waals surface area contributed by atoms with Gasteiger partial charge in [-0.25, -0.2) is 0 Å². The molecule has 104 valence electrons. The molecule has 0 aromatic rings. The van der Waals surface area contributed by atoms with E-state index in [0.29, 0.717) is 0 Å². The van der Waals surface area contributed by atoms with Crippen molar-refractivity contribution in [2.75, 3.05) is 13.1 Å². The average molecular weight is 262 g/mol. The second-order valence-corrected chi connectivity index (χ2v) is 4.66. The van der Waals surface area contributed by atoms with E-state index in [-0.39, 0.29) is 12.4 Å². The highest BCUT2D eigenvalue weighted by Gasteiger charge is 2.03. The molecule has 0 fully saturated rings. The maximum Gasteiger partial charge on any atom is 0.0174 e. The van der Waals surface area contributed by atoms with E-state index >= 15 is 0 Å². The van der Waals surface area contributed by atoms with Gasteiger partial charge < -0.3 is 4.90 Å². The lowest BCUT2D eigenvalue weighted by molar-refractivity contribution is 0.325. The zero-order valence-corrected chi connectivity index (χ0v) is 13.1. The van der Waals surface area contributed by atoms with Gasteiger partial charge in [0.25, 0.3) is 0 Å². The van der Waals surface area contributed by atoms with Crippen LogP contribution in [0.2, 0.25) is 0 Å². The van der Waals surface area contributed by atoms with Crippen LogP contribution in [0.1, 0.15) is 72.6 Å². The van der Waals surface area contributed by atoms with E-state index in [1.165, 1.54) is 57.3 Å². The predicted octanol–water partition coefficient (Wildman–Crippen LogP) is 5.40. The van der Waals surface area contributed by atoms with Gasteiger partial charge in [0, 0.05) is 18.8 Å². The van der Waals surface area contributed by atoms with Crippen LogP contribution in [0.5, 0.6) is 0 Å². The van der Waals surface area contributed by atoms with Crippen LogP contribution in [0.25, 0.3) is 0 Å². The SMILES string of the molecule is CC/C=C(\C)N(CCCCC)CCCCC.Cl. The Labute approximate surface area is 115 Å². The lowest BCUT2D eigenvalue weighted by Crippen LogP contribution is -2.24. The highest BCUT2D eigenvalue weighted by atomic mass is 35.5. The van der Waals surface area contributed by atoms with E-state index in [0.717, 1.165) is 6.42 Å². The maximum absolute atomic E-state index is 2.58. The molecule has 17 heavy (non-hydrogen) atoms. The van der Waals surface area contributed by atoms with E-state index in [9.17, 15) is 0 Å². The third-order valence-corrected chi connectivity index (χ3v) is 3.06. The molecule has 0 atom stereocenters. The molecule has 0 aliphatic carbocycles. The molecule has 0 rings (SSSR count). The topological polar surface area (TPSA) is 3.24 Å². The van der Waals surface area contributed by atoms with Crippen molar-refractivity contribution in [3.8, 4) is 0 Å². The van der Waals surface area contributed by atoms with Gasteiger partial charge in [0.05, 0.1) is 0 Å². The summed E-state index contributed by atoms with van der Waals surface area (Å²) in [5, 5.41) is 0. The first kappa shape index (κ1) is 19.2. The van der Waals surface area contributed by atoms with Gasteiger partial charge in [-0.15, -0.1) is 12.4 Å². The van der Waals surface area contributed by atoms with Crippen molar-refractivity contribution in [3.63, 3.8) is 0 Å². The molecule has 0 bridgehead atoms. The normalized spacial score (nSPS) is 11.2. The number of hydrogen-bond donors (Lipinski definition) is 0. The summed E-state index contributed by atoms with van der Waals surface area (Å²) < 4.78 is 0. The van der Waals surface area contributed by atoms with Crippen LogP contribution in [0, 0.1) is 0 Å². The van der Waals surface area contributed by atoms with E-state index in [1.807, 2.05) is 0 Å². The molecule has 0 saturated carbocycles. The molecule has 0 heterocycles. The molecule has 0 aromatic heterocycles. The van der Waals surface area contributed by atoms with Crippen LogP contribution in [-0.2, 0) is 0 Å². The summed E-state index contributed by atoms with van der Waals surface area (Å²) >= 11 is 0. The smallest absolute Gasteiger partial charge is 0.0174 e. The van der Waals surface area contributed by atoms with E-state index in [4.69, 9.17) is 0 Å². The quantitative estimate of drug-likeness (QED) is 0.476. The molecule has 0 N–H and O–H groups in total. The van der Waals surface area contributed by atoms with Crippen molar-refractivity contribution < 1.29 is 0 Å². The first-order valence-electron chi connectivity index (χ1n) is 7.17. The first-order chi connectivity index (χ1) is 7.76. The minimum absolute atomic E-state index is 0. The molecule has 2 heteroatoms.